The second-order valence-electron chi connectivity index (χ2n) is 8.47. The first-order valence-electron chi connectivity index (χ1n) is 11.6. The zero-order chi connectivity index (χ0) is 26.4. The van der Waals surface area contributed by atoms with E-state index in [0.29, 0.717) is 17.1 Å². The van der Waals surface area contributed by atoms with E-state index >= 15 is 0 Å². The summed E-state index contributed by atoms with van der Waals surface area (Å²) in [4.78, 5) is 53.5. The van der Waals surface area contributed by atoms with Gasteiger partial charge in [0.1, 0.15) is 23.7 Å². The number of amides is 3. The van der Waals surface area contributed by atoms with Crippen molar-refractivity contribution in [3.05, 3.63) is 48.4 Å². The summed E-state index contributed by atoms with van der Waals surface area (Å²) in [5, 5.41) is 13.1. The van der Waals surface area contributed by atoms with E-state index < -0.39 is 19.9 Å². The number of hydrogen-bond acceptors (Lipinski definition) is 8. The highest BCUT2D eigenvalue weighted by Gasteiger charge is 2.21. The maximum absolute atomic E-state index is 12.7. The van der Waals surface area contributed by atoms with Crippen molar-refractivity contribution < 1.29 is 28.5 Å². The van der Waals surface area contributed by atoms with Crippen LogP contribution in [0.15, 0.2) is 42.9 Å². The predicted molar refractivity (Wildman–Crippen MR) is 133 cm³/mol. The number of phosphoric acid groups is 1. The Morgan fingerprint density at radius 3 is 2.65 bits per heavy atom. The number of carbonyl (C=O) groups is 2. The quantitative estimate of drug-likeness (QED) is 0.316. The standard InChI is InChI=1S/C22H27N8O6P/c1-15(13-36-37(33,34)35)30-14-24-28-20(30)17-6-5-7-18(25-17)26-22(32)27-19-12-16(8-9-23-19)21(31)29-10-3-2-4-11-29/h5-9,12,14-15H,2-4,10-11,13H2,1H3,(H2,33,34,35)(H2,23,25,26,27,32). The highest BCUT2D eigenvalue weighted by molar-refractivity contribution is 7.46. The zero-order valence-corrected chi connectivity index (χ0v) is 20.9. The fourth-order valence-electron chi connectivity index (χ4n) is 3.84. The number of nitrogens with zero attached hydrogens (tertiary/aromatic N) is 6. The molecule has 4 rings (SSSR count). The fraction of sp³-hybridized carbons (Fsp3) is 0.364. The molecule has 3 aromatic heterocycles. The number of pyridine rings is 2. The number of piperidine rings is 1. The number of aromatic nitrogens is 5. The van der Waals surface area contributed by atoms with Gasteiger partial charge in [-0.2, -0.15) is 0 Å². The number of phosphoric ester groups is 1. The molecule has 0 bridgehead atoms. The van der Waals surface area contributed by atoms with Crippen LogP contribution in [0.5, 0.6) is 0 Å². The molecule has 4 N–H and O–H groups in total. The van der Waals surface area contributed by atoms with Gasteiger partial charge in [-0.15, -0.1) is 10.2 Å². The van der Waals surface area contributed by atoms with Crippen LogP contribution in [0.4, 0.5) is 16.4 Å². The van der Waals surface area contributed by atoms with Crippen molar-refractivity contribution >= 4 is 31.4 Å². The third-order valence-electron chi connectivity index (χ3n) is 5.64. The van der Waals surface area contributed by atoms with Crippen LogP contribution in [0.2, 0.25) is 0 Å². The van der Waals surface area contributed by atoms with Gasteiger partial charge in [-0.25, -0.2) is 19.3 Å². The number of urea groups is 1. The van der Waals surface area contributed by atoms with Crippen LogP contribution in [-0.2, 0) is 9.09 Å². The van der Waals surface area contributed by atoms with E-state index in [1.165, 1.54) is 18.6 Å². The van der Waals surface area contributed by atoms with Gasteiger partial charge >= 0.3 is 13.9 Å². The monoisotopic (exact) mass is 530 g/mol. The average molecular weight is 530 g/mol. The van der Waals surface area contributed by atoms with Gasteiger partial charge in [0.25, 0.3) is 5.91 Å². The lowest BCUT2D eigenvalue weighted by atomic mass is 10.1. The smallest absolute Gasteiger partial charge is 0.339 e. The lowest BCUT2D eigenvalue weighted by Crippen LogP contribution is -2.35. The molecule has 3 aromatic rings. The minimum Gasteiger partial charge on any atom is -0.339 e. The SMILES string of the molecule is CC(COP(=O)(O)O)n1cnnc1-c1cccc(NC(=O)Nc2cc(C(=O)N3CCCCC3)ccn2)n1. The third kappa shape index (κ3) is 7.17. The normalized spacial score (nSPS) is 14.7. The molecule has 1 unspecified atom stereocenters. The molecule has 1 fully saturated rings. The van der Waals surface area contributed by atoms with E-state index in [1.807, 2.05) is 0 Å². The second kappa shape index (κ2) is 11.6. The molecule has 0 radical (unpaired) electrons. The molecule has 0 spiro atoms. The molecular weight excluding hydrogens is 503 g/mol. The number of hydrogen-bond donors (Lipinski definition) is 4. The van der Waals surface area contributed by atoms with Crippen LogP contribution in [0.1, 0.15) is 42.6 Å². The molecule has 15 heteroatoms. The van der Waals surface area contributed by atoms with Crippen LogP contribution in [0, 0.1) is 0 Å². The Hall–Kier alpha value is -3.71. The highest BCUT2D eigenvalue weighted by Crippen LogP contribution is 2.37. The van der Waals surface area contributed by atoms with Crippen molar-refractivity contribution in [1.82, 2.24) is 29.6 Å². The first-order valence-corrected chi connectivity index (χ1v) is 13.1. The maximum atomic E-state index is 12.7. The van der Waals surface area contributed by atoms with Gasteiger partial charge in [-0.1, -0.05) is 6.07 Å². The van der Waals surface area contributed by atoms with E-state index in [9.17, 15) is 14.2 Å². The first-order chi connectivity index (χ1) is 17.7. The van der Waals surface area contributed by atoms with Crippen molar-refractivity contribution in [1.29, 1.82) is 0 Å². The van der Waals surface area contributed by atoms with E-state index in [2.05, 4.69) is 35.3 Å². The molecule has 1 aliphatic rings. The van der Waals surface area contributed by atoms with Gasteiger partial charge < -0.3 is 19.3 Å². The van der Waals surface area contributed by atoms with Crippen molar-refractivity contribution in [2.24, 2.45) is 0 Å². The minimum atomic E-state index is -4.63. The summed E-state index contributed by atoms with van der Waals surface area (Å²) in [6.07, 6.45) is 5.93. The summed E-state index contributed by atoms with van der Waals surface area (Å²) < 4.78 is 17.1. The average Bonchev–Trinajstić information content (AvgIpc) is 3.37. The first kappa shape index (κ1) is 26.4. The number of anilines is 2. The summed E-state index contributed by atoms with van der Waals surface area (Å²) in [5.74, 6) is 0.653. The van der Waals surface area contributed by atoms with Gasteiger partial charge in [0.2, 0.25) is 0 Å². The van der Waals surface area contributed by atoms with Crippen LogP contribution in [-0.4, -0.2) is 71.1 Å². The second-order valence-corrected chi connectivity index (χ2v) is 9.71. The molecular formula is C22H27N8O6P. The van der Waals surface area contributed by atoms with Crippen molar-refractivity contribution in [3.63, 3.8) is 0 Å². The Kier molecular flexibility index (Phi) is 8.24. The summed E-state index contributed by atoms with van der Waals surface area (Å²) >= 11 is 0. The summed E-state index contributed by atoms with van der Waals surface area (Å²) in [7, 11) is -4.63. The Bertz CT molecular complexity index is 1310. The van der Waals surface area contributed by atoms with E-state index in [-0.39, 0.29) is 24.1 Å². The maximum Gasteiger partial charge on any atom is 0.469 e. The molecule has 0 saturated carbocycles. The molecule has 196 valence electrons. The lowest BCUT2D eigenvalue weighted by Gasteiger charge is -2.26. The van der Waals surface area contributed by atoms with Crippen LogP contribution < -0.4 is 10.6 Å². The van der Waals surface area contributed by atoms with Crippen molar-refractivity contribution in [2.75, 3.05) is 30.3 Å². The molecule has 1 aliphatic heterocycles. The van der Waals surface area contributed by atoms with Gasteiger partial charge in [-0.05, 0) is 50.5 Å². The number of nitrogens with one attached hydrogen (secondary N) is 2. The molecule has 0 aliphatic carbocycles. The van der Waals surface area contributed by atoms with Crippen molar-refractivity contribution in [2.45, 2.75) is 32.2 Å². The van der Waals surface area contributed by atoms with Crippen LogP contribution >= 0.6 is 7.82 Å². The Morgan fingerprint density at radius 2 is 1.89 bits per heavy atom. The van der Waals surface area contributed by atoms with E-state index in [0.717, 1.165) is 32.4 Å². The molecule has 3 amide bonds. The molecule has 1 saturated heterocycles. The Morgan fingerprint density at radius 1 is 1.14 bits per heavy atom. The Labute approximate surface area is 212 Å². The van der Waals surface area contributed by atoms with Gasteiger partial charge in [0.05, 0.1) is 12.6 Å². The largest absolute Gasteiger partial charge is 0.469 e. The topological polar surface area (TPSA) is 185 Å². The number of likely N-dealkylation sites (tertiary alicyclic amines) is 1. The number of carbonyl (C=O) groups excluding carboxylic acids is 2. The predicted octanol–water partition coefficient (Wildman–Crippen LogP) is 2.68. The minimum absolute atomic E-state index is 0.0931. The number of rotatable bonds is 8. The zero-order valence-electron chi connectivity index (χ0n) is 20.0. The highest BCUT2D eigenvalue weighted by atomic mass is 31.2. The molecule has 37 heavy (non-hydrogen) atoms. The fourth-order valence-corrected chi connectivity index (χ4v) is 4.25. The third-order valence-corrected chi connectivity index (χ3v) is 6.13. The summed E-state index contributed by atoms with van der Waals surface area (Å²) in [6, 6.07) is 6.92. The van der Waals surface area contributed by atoms with E-state index in [4.69, 9.17) is 9.79 Å². The van der Waals surface area contributed by atoms with Gasteiger partial charge in [-0.3, -0.25) is 20.0 Å². The van der Waals surface area contributed by atoms with E-state index in [1.54, 1.807) is 40.7 Å². The summed E-state index contributed by atoms with van der Waals surface area (Å²) in [6.45, 7) is 2.84. The molecule has 1 atom stereocenters. The molecule has 4 heterocycles. The van der Waals surface area contributed by atoms with Crippen LogP contribution in [0.25, 0.3) is 11.5 Å². The van der Waals surface area contributed by atoms with Gasteiger partial charge in [0, 0.05) is 24.8 Å². The summed E-state index contributed by atoms with van der Waals surface area (Å²) in [5.41, 5.74) is 0.814. The molecule has 14 nitrogen and oxygen atoms in total. The lowest BCUT2D eigenvalue weighted by molar-refractivity contribution is 0.0724. The van der Waals surface area contributed by atoms with Crippen LogP contribution in [0.3, 0.4) is 0 Å². The van der Waals surface area contributed by atoms with Gasteiger partial charge in [0.15, 0.2) is 5.82 Å². The Balaban J connectivity index is 1.41. The molecule has 0 aromatic carbocycles. The van der Waals surface area contributed by atoms with Crippen molar-refractivity contribution in [3.8, 4) is 11.5 Å².